The zero-order chi connectivity index (χ0) is 11.8. The summed E-state index contributed by atoms with van der Waals surface area (Å²) in [6, 6.07) is -0.0672. The van der Waals surface area contributed by atoms with Gasteiger partial charge in [0.2, 0.25) is 0 Å². The number of carbonyl (C=O) groups is 1. The molecule has 4 aliphatic carbocycles. The van der Waals surface area contributed by atoms with Crippen molar-refractivity contribution < 1.29 is 4.79 Å². The number of amidine groups is 1. The van der Waals surface area contributed by atoms with Gasteiger partial charge in [0.05, 0.1) is 0 Å². The zero-order valence-corrected chi connectivity index (χ0v) is 10.2. The number of hydrogen-bond donors (Lipinski definition) is 2. The van der Waals surface area contributed by atoms with Crippen molar-refractivity contribution in [3.05, 3.63) is 0 Å². The van der Waals surface area contributed by atoms with Gasteiger partial charge in [-0.15, -0.1) is 0 Å². The first-order chi connectivity index (χ1) is 8.12. The Kier molecular flexibility index (Phi) is 1.66. The largest absolute Gasteiger partial charge is 0.323 e. The highest BCUT2D eigenvalue weighted by Gasteiger charge is 2.64. The summed E-state index contributed by atoms with van der Waals surface area (Å²) >= 11 is 0. The van der Waals surface area contributed by atoms with Crippen LogP contribution in [0.2, 0.25) is 0 Å². The Bertz CT molecular complexity index is 389. The first-order valence-corrected chi connectivity index (χ1v) is 6.76. The molecule has 1 aliphatic heterocycles. The van der Waals surface area contributed by atoms with E-state index in [2.05, 4.69) is 5.32 Å². The lowest BCUT2D eigenvalue weighted by molar-refractivity contribution is -0.0702. The van der Waals surface area contributed by atoms with E-state index in [4.69, 9.17) is 5.41 Å². The molecule has 1 spiro atoms. The monoisotopic (exact) mass is 233 g/mol. The van der Waals surface area contributed by atoms with E-state index in [1.807, 2.05) is 11.9 Å². The van der Waals surface area contributed by atoms with Gasteiger partial charge in [-0.2, -0.15) is 0 Å². The van der Waals surface area contributed by atoms with Crippen molar-refractivity contribution in [2.45, 2.75) is 37.6 Å². The number of likely N-dealkylation sites (N-methyl/N-ethyl adjacent to an activating group) is 1. The molecule has 1 heterocycles. The van der Waals surface area contributed by atoms with E-state index < -0.39 is 0 Å². The van der Waals surface area contributed by atoms with E-state index in [0.717, 1.165) is 11.8 Å². The molecule has 17 heavy (non-hydrogen) atoms. The summed E-state index contributed by atoms with van der Waals surface area (Å²) in [5.41, 5.74) is -0.259. The summed E-state index contributed by atoms with van der Waals surface area (Å²) in [7, 11) is 1.89. The van der Waals surface area contributed by atoms with E-state index >= 15 is 0 Å². The molecule has 0 unspecified atom stereocenters. The lowest BCUT2D eigenvalue weighted by Crippen LogP contribution is -2.66. The smallest absolute Gasteiger partial charge is 0.314 e. The van der Waals surface area contributed by atoms with Gasteiger partial charge in [-0.05, 0) is 55.8 Å². The molecule has 0 radical (unpaired) electrons. The second-order valence-corrected chi connectivity index (χ2v) is 6.49. The van der Waals surface area contributed by atoms with Crippen LogP contribution in [0, 0.1) is 29.1 Å². The Labute approximate surface area is 101 Å². The van der Waals surface area contributed by atoms with Crippen molar-refractivity contribution in [3.8, 4) is 0 Å². The van der Waals surface area contributed by atoms with Gasteiger partial charge in [0.15, 0.2) is 0 Å². The third-order valence-corrected chi connectivity index (χ3v) is 5.87. The Morgan fingerprint density at radius 2 is 1.71 bits per heavy atom. The van der Waals surface area contributed by atoms with Crippen LogP contribution in [0.3, 0.4) is 0 Å². The molecule has 92 valence electrons. The Morgan fingerprint density at radius 1 is 1.18 bits per heavy atom. The first kappa shape index (κ1) is 9.92. The Hall–Kier alpha value is -1.06. The van der Waals surface area contributed by atoms with Gasteiger partial charge in [-0.3, -0.25) is 10.7 Å². The van der Waals surface area contributed by atoms with Gasteiger partial charge >= 0.3 is 6.03 Å². The zero-order valence-electron chi connectivity index (χ0n) is 10.2. The van der Waals surface area contributed by atoms with E-state index in [9.17, 15) is 4.79 Å². The van der Waals surface area contributed by atoms with Crippen LogP contribution in [0.1, 0.15) is 32.1 Å². The number of nitrogens with one attached hydrogen (secondary N) is 2. The molecule has 5 aliphatic rings. The van der Waals surface area contributed by atoms with Gasteiger partial charge < -0.3 is 4.90 Å². The number of urea groups is 1. The molecule has 1 saturated heterocycles. The van der Waals surface area contributed by atoms with Gasteiger partial charge in [0, 0.05) is 7.05 Å². The summed E-state index contributed by atoms with van der Waals surface area (Å²) in [5.74, 6) is 3.31. The molecule has 4 heteroatoms. The normalized spacial score (nSPS) is 51.5. The lowest BCUT2D eigenvalue weighted by Gasteiger charge is -2.61. The van der Waals surface area contributed by atoms with Crippen LogP contribution in [-0.2, 0) is 0 Å². The van der Waals surface area contributed by atoms with Crippen molar-refractivity contribution >= 4 is 11.9 Å². The Balaban J connectivity index is 1.83. The quantitative estimate of drug-likeness (QED) is 0.658. The maximum absolute atomic E-state index is 11.9. The minimum Gasteiger partial charge on any atom is -0.314 e. The predicted octanol–water partition coefficient (Wildman–Crippen LogP) is 1.81. The van der Waals surface area contributed by atoms with Crippen molar-refractivity contribution in [2.24, 2.45) is 23.7 Å². The predicted molar refractivity (Wildman–Crippen MR) is 63.8 cm³/mol. The summed E-state index contributed by atoms with van der Waals surface area (Å²) in [6.07, 6.45) is 6.33. The average Bonchev–Trinajstić information content (AvgIpc) is 2.48. The van der Waals surface area contributed by atoms with Crippen molar-refractivity contribution in [3.63, 3.8) is 0 Å². The van der Waals surface area contributed by atoms with Crippen LogP contribution >= 0.6 is 0 Å². The molecule has 4 bridgehead atoms. The molecule has 2 N–H and O–H groups in total. The van der Waals surface area contributed by atoms with Crippen LogP contribution in [0.25, 0.3) is 0 Å². The van der Waals surface area contributed by atoms with Gasteiger partial charge in [0.1, 0.15) is 11.4 Å². The molecule has 0 aromatic heterocycles. The summed E-state index contributed by atoms with van der Waals surface area (Å²) < 4.78 is 0. The second kappa shape index (κ2) is 2.85. The summed E-state index contributed by atoms with van der Waals surface area (Å²) in [4.78, 5) is 13.7. The maximum Gasteiger partial charge on any atom is 0.323 e. The standard InChI is InChI=1S/C13H19N3O/c1-16-12(17)15-11(14)13(16)9-3-7-2-8(5-9)6-10(13)4-7/h7-10H,2-6H2,1H3,(H2,14,15,17). The fraction of sp³-hybridized carbons (Fsp3) is 0.846. The van der Waals surface area contributed by atoms with Gasteiger partial charge in [-0.25, -0.2) is 4.79 Å². The molecule has 0 aromatic rings. The molecule has 4 nitrogen and oxygen atoms in total. The fourth-order valence-corrected chi connectivity index (χ4v) is 5.49. The molecule has 5 rings (SSSR count). The maximum atomic E-state index is 11.9. The number of nitrogens with zero attached hydrogens (tertiary/aromatic N) is 1. The molecular formula is C13H19N3O. The first-order valence-electron chi connectivity index (χ1n) is 6.76. The number of amides is 2. The molecule has 0 aromatic carbocycles. The van der Waals surface area contributed by atoms with E-state index in [0.29, 0.717) is 17.7 Å². The van der Waals surface area contributed by atoms with Gasteiger partial charge in [-0.1, -0.05) is 0 Å². The van der Waals surface area contributed by atoms with Crippen LogP contribution in [0.15, 0.2) is 0 Å². The average molecular weight is 233 g/mol. The third kappa shape index (κ3) is 0.964. The van der Waals surface area contributed by atoms with E-state index in [-0.39, 0.29) is 11.6 Å². The van der Waals surface area contributed by atoms with Crippen molar-refractivity contribution in [2.75, 3.05) is 7.05 Å². The van der Waals surface area contributed by atoms with Gasteiger partial charge in [0.25, 0.3) is 0 Å². The highest BCUT2D eigenvalue weighted by molar-refractivity contribution is 6.09. The fourth-order valence-electron chi connectivity index (χ4n) is 5.49. The Morgan fingerprint density at radius 3 is 2.12 bits per heavy atom. The van der Waals surface area contributed by atoms with Crippen molar-refractivity contribution in [1.29, 1.82) is 5.41 Å². The molecule has 4 saturated carbocycles. The van der Waals surface area contributed by atoms with Crippen LogP contribution in [0.4, 0.5) is 4.79 Å². The summed E-state index contributed by atoms with van der Waals surface area (Å²) in [5, 5.41) is 11.0. The third-order valence-electron chi connectivity index (χ3n) is 5.87. The lowest BCUT2D eigenvalue weighted by atomic mass is 9.48. The highest BCUT2D eigenvalue weighted by atomic mass is 16.2. The van der Waals surface area contributed by atoms with Crippen molar-refractivity contribution in [1.82, 2.24) is 10.2 Å². The second-order valence-electron chi connectivity index (χ2n) is 6.49. The number of rotatable bonds is 0. The van der Waals surface area contributed by atoms with E-state index in [1.54, 1.807) is 0 Å². The van der Waals surface area contributed by atoms with Crippen LogP contribution in [-0.4, -0.2) is 29.4 Å². The van der Waals surface area contributed by atoms with Crippen LogP contribution in [0.5, 0.6) is 0 Å². The molecule has 0 atom stereocenters. The molecular weight excluding hydrogens is 214 g/mol. The SMILES string of the molecule is CN1C(=O)NC(=N)C12C1CC3CC(C1)CC2C3. The van der Waals surface area contributed by atoms with Crippen LogP contribution < -0.4 is 5.32 Å². The molecule has 5 fully saturated rings. The minimum absolute atomic E-state index is 0.0672. The topological polar surface area (TPSA) is 56.2 Å². The highest BCUT2D eigenvalue weighted by Crippen LogP contribution is 2.60. The minimum atomic E-state index is -0.259. The number of hydrogen-bond acceptors (Lipinski definition) is 2. The molecule has 2 amide bonds. The number of carbonyl (C=O) groups excluding carboxylic acids is 1. The summed E-state index contributed by atoms with van der Waals surface area (Å²) in [6.45, 7) is 0. The van der Waals surface area contributed by atoms with E-state index in [1.165, 1.54) is 32.1 Å².